The zero-order valence-electron chi connectivity index (χ0n) is 19.2. The van der Waals surface area contributed by atoms with Crippen molar-refractivity contribution in [3.63, 3.8) is 0 Å². The standard InChI is InChI=1S/C26H26N2O6/c1-4-14(2)22(25(27)30)28-20(29)13-18-21-24(17-7-5-6-8-19(17)33-26(21)31)34-23(18)15-9-11-16(32-3)12-10-15/h5-12,14,22H,4,13H2,1-3H3,(H2,27,30)(H,28,29). The molecule has 0 aliphatic carbocycles. The number of hydrogen-bond acceptors (Lipinski definition) is 6. The third-order valence-corrected chi connectivity index (χ3v) is 6.07. The van der Waals surface area contributed by atoms with Gasteiger partial charge in [0.1, 0.15) is 28.5 Å². The van der Waals surface area contributed by atoms with Crippen LogP contribution in [0.2, 0.25) is 0 Å². The maximum absolute atomic E-state index is 13.0. The second-order valence-corrected chi connectivity index (χ2v) is 8.24. The number of para-hydroxylation sites is 1. The molecule has 3 N–H and O–H groups in total. The number of carbonyl (C=O) groups excluding carboxylic acids is 2. The third kappa shape index (κ3) is 4.26. The lowest BCUT2D eigenvalue weighted by molar-refractivity contribution is -0.128. The van der Waals surface area contributed by atoms with Gasteiger partial charge >= 0.3 is 5.63 Å². The predicted molar refractivity (Wildman–Crippen MR) is 129 cm³/mol. The highest BCUT2D eigenvalue weighted by Crippen LogP contribution is 2.36. The van der Waals surface area contributed by atoms with E-state index in [4.69, 9.17) is 19.3 Å². The van der Waals surface area contributed by atoms with Gasteiger partial charge in [0.05, 0.1) is 18.9 Å². The highest BCUT2D eigenvalue weighted by molar-refractivity contribution is 6.05. The molecule has 2 aromatic heterocycles. The fourth-order valence-electron chi connectivity index (χ4n) is 4.02. The maximum atomic E-state index is 13.0. The summed E-state index contributed by atoms with van der Waals surface area (Å²) in [5.41, 5.74) is 6.68. The number of amides is 2. The van der Waals surface area contributed by atoms with Gasteiger partial charge < -0.3 is 24.6 Å². The molecule has 2 aromatic carbocycles. The highest BCUT2D eigenvalue weighted by Gasteiger charge is 2.27. The molecule has 0 radical (unpaired) electrons. The molecular formula is C26H26N2O6. The number of nitrogens with one attached hydrogen (secondary N) is 1. The Morgan fingerprint density at radius 1 is 1.09 bits per heavy atom. The highest BCUT2D eigenvalue weighted by atomic mass is 16.5. The van der Waals surface area contributed by atoms with Crippen molar-refractivity contribution in [2.45, 2.75) is 32.7 Å². The van der Waals surface area contributed by atoms with E-state index in [0.717, 1.165) is 0 Å². The average molecular weight is 463 g/mol. The summed E-state index contributed by atoms with van der Waals surface area (Å²) in [6.07, 6.45) is 0.465. The Hall–Kier alpha value is -4.07. The molecule has 176 valence electrons. The van der Waals surface area contributed by atoms with E-state index < -0.39 is 23.5 Å². The number of methoxy groups -OCH3 is 1. The van der Waals surface area contributed by atoms with E-state index in [1.165, 1.54) is 0 Å². The number of ether oxygens (including phenoxy) is 1. The molecule has 4 aromatic rings. The number of hydrogen-bond donors (Lipinski definition) is 2. The molecule has 4 rings (SSSR count). The Bertz CT molecular complexity index is 1420. The van der Waals surface area contributed by atoms with Crippen molar-refractivity contribution in [2.75, 3.05) is 7.11 Å². The SMILES string of the molecule is CCC(C)C(NC(=O)Cc1c(-c2ccc(OC)cc2)oc2c1c(=O)oc1ccccc12)C(N)=O. The van der Waals surface area contributed by atoms with Crippen molar-refractivity contribution in [1.29, 1.82) is 0 Å². The number of carbonyl (C=O) groups is 2. The fourth-order valence-corrected chi connectivity index (χ4v) is 4.02. The Morgan fingerprint density at radius 3 is 2.44 bits per heavy atom. The zero-order valence-corrected chi connectivity index (χ0v) is 19.2. The first kappa shape index (κ1) is 23.1. The summed E-state index contributed by atoms with van der Waals surface area (Å²) in [5.74, 6) is -0.176. The van der Waals surface area contributed by atoms with Crippen LogP contribution in [0.5, 0.6) is 5.75 Å². The predicted octanol–water partition coefficient (Wildman–Crippen LogP) is 3.77. The molecule has 0 saturated heterocycles. The molecule has 34 heavy (non-hydrogen) atoms. The second kappa shape index (κ2) is 9.43. The Morgan fingerprint density at radius 2 is 1.79 bits per heavy atom. The Labute approximate surface area is 195 Å². The zero-order chi connectivity index (χ0) is 24.4. The van der Waals surface area contributed by atoms with Crippen molar-refractivity contribution < 1.29 is 23.2 Å². The largest absolute Gasteiger partial charge is 0.497 e. The molecule has 2 unspecified atom stereocenters. The topological polar surface area (TPSA) is 125 Å². The van der Waals surface area contributed by atoms with Crippen molar-refractivity contribution in [1.82, 2.24) is 5.32 Å². The van der Waals surface area contributed by atoms with Crippen molar-refractivity contribution in [3.05, 3.63) is 64.5 Å². The minimum Gasteiger partial charge on any atom is -0.497 e. The third-order valence-electron chi connectivity index (χ3n) is 6.07. The van der Waals surface area contributed by atoms with Gasteiger partial charge in [0, 0.05) is 11.1 Å². The van der Waals surface area contributed by atoms with Gasteiger partial charge in [-0.15, -0.1) is 0 Å². The molecule has 0 saturated carbocycles. The van der Waals surface area contributed by atoms with Crippen LogP contribution in [0.25, 0.3) is 33.3 Å². The summed E-state index contributed by atoms with van der Waals surface area (Å²) in [4.78, 5) is 37.9. The molecule has 0 fully saturated rings. The second-order valence-electron chi connectivity index (χ2n) is 8.24. The van der Waals surface area contributed by atoms with E-state index in [-0.39, 0.29) is 17.7 Å². The van der Waals surface area contributed by atoms with Crippen molar-refractivity contribution in [3.8, 4) is 17.1 Å². The van der Waals surface area contributed by atoms with Crippen molar-refractivity contribution in [2.24, 2.45) is 11.7 Å². The number of fused-ring (bicyclic) bond motifs is 3. The van der Waals surface area contributed by atoms with Gasteiger partial charge in [-0.1, -0.05) is 32.4 Å². The number of benzene rings is 2. The van der Waals surface area contributed by atoms with E-state index in [9.17, 15) is 14.4 Å². The first-order chi connectivity index (χ1) is 16.3. The maximum Gasteiger partial charge on any atom is 0.347 e. The fraction of sp³-hybridized carbons (Fsp3) is 0.269. The number of nitrogens with two attached hydrogens (primary N) is 1. The van der Waals surface area contributed by atoms with Crippen molar-refractivity contribution >= 4 is 33.8 Å². The van der Waals surface area contributed by atoms with E-state index in [1.54, 1.807) is 49.6 Å². The minimum atomic E-state index is -0.822. The molecule has 0 aliphatic rings. The van der Waals surface area contributed by atoms with Crippen LogP contribution < -0.4 is 21.4 Å². The summed E-state index contributed by atoms with van der Waals surface area (Å²) >= 11 is 0. The quantitative estimate of drug-likeness (QED) is 0.384. The number of rotatable bonds is 8. The van der Waals surface area contributed by atoms with E-state index in [2.05, 4.69) is 5.32 Å². The molecule has 0 spiro atoms. The first-order valence-electron chi connectivity index (χ1n) is 11.0. The van der Waals surface area contributed by atoms with Gasteiger partial charge in [0.25, 0.3) is 0 Å². The van der Waals surface area contributed by atoms with Gasteiger partial charge in [-0.05, 0) is 42.3 Å². The molecule has 2 atom stereocenters. The summed E-state index contributed by atoms with van der Waals surface area (Å²) in [7, 11) is 1.57. The molecule has 8 nitrogen and oxygen atoms in total. The average Bonchev–Trinajstić information content (AvgIpc) is 3.22. The summed E-state index contributed by atoms with van der Waals surface area (Å²) in [6, 6.07) is 13.3. The van der Waals surface area contributed by atoms with Crippen LogP contribution in [0.4, 0.5) is 0 Å². The number of primary amides is 1. The lowest BCUT2D eigenvalue weighted by atomic mass is 9.97. The van der Waals surface area contributed by atoms with Crippen LogP contribution in [-0.4, -0.2) is 25.0 Å². The van der Waals surface area contributed by atoms with Crippen LogP contribution in [0.15, 0.2) is 62.2 Å². The molecule has 0 aliphatic heterocycles. The molecule has 8 heteroatoms. The summed E-state index contributed by atoms with van der Waals surface area (Å²) < 4.78 is 17.0. The van der Waals surface area contributed by atoms with Gasteiger partial charge in [0.2, 0.25) is 11.8 Å². The van der Waals surface area contributed by atoms with Crippen LogP contribution in [0, 0.1) is 5.92 Å². The van der Waals surface area contributed by atoms with Crippen LogP contribution in [-0.2, 0) is 16.0 Å². The van der Waals surface area contributed by atoms with E-state index >= 15 is 0 Å². The van der Waals surface area contributed by atoms with Gasteiger partial charge in [-0.2, -0.15) is 0 Å². The first-order valence-corrected chi connectivity index (χ1v) is 11.0. The molecule has 2 amide bonds. The van der Waals surface area contributed by atoms with Crippen LogP contribution >= 0.6 is 0 Å². The molecular weight excluding hydrogens is 436 g/mol. The van der Waals surface area contributed by atoms with E-state index in [1.807, 2.05) is 19.9 Å². The normalized spacial score (nSPS) is 13.0. The van der Waals surface area contributed by atoms with Crippen LogP contribution in [0.3, 0.4) is 0 Å². The monoisotopic (exact) mass is 462 g/mol. The summed E-state index contributed by atoms with van der Waals surface area (Å²) in [5, 5.41) is 3.53. The lowest BCUT2D eigenvalue weighted by Gasteiger charge is -2.21. The van der Waals surface area contributed by atoms with Gasteiger partial charge in [-0.3, -0.25) is 9.59 Å². The Kier molecular flexibility index (Phi) is 6.40. The molecule has 0 bridgehead atoms. The lowest BCUT2D eigenvalue weighted by Crippen LogP contribution is -2.48. The van der Waals surface area contributed by atoms with Crippen LogP contribution in [0.1, 0.15) is 25.8 Å². The van der Waals surface area contributed by atoms with Gasteiger partial charge in [-0.25, -0.2) is 4.79 Å². The van der Waals surface area contributed by atoms with Gasteiger partial charge in [0.15, 0.2) is 5.58 Å². The Balaban J connectivity index is 1.86. The summed E-state index contributed by atoms with van der Waals surface area (Å²) in [6.45, 7) is 3.75. The van der Waals surface area contributed by atoms with E-state index in [0.29, 0.717) is 45.6 Å². The minimum absolute atomic E-state index is 0.141. The smallest absolute Gasteiger partial charge is 0.347 e. The number of furan rings is 1. The molecule has 2 heterocycles.